The fourth-order valence-electron chi connectivity index (χ4n) is 4.85. The average molecular weight is 592 g/mol. The normalized spacial score (nSPS) is 14.7. The van der Waals surface area contributed by atoms with Crippen molar-refractivity contribution >= 4 is 42.7 Å². The number of halogens is 2. The number of anilines is 1. The van der Waals surface area contributed by atoms with Crippen LogP contribution < -0.4 is 4.31 Å². The highest BCUT2D eigenvalue weighted by Gasteiger charge is 2.43. The second-order valence-electron chi connectivity index (χ2n) is 9.98. The highest BCUT2D eigenvalue weighted by molar-refractivity contribution is 9.10. The van der Waals surface area contributed by atoms with Gasteiger partial charge in [0.05, 0.1) is 21.8 Å². The van der Waals surface area contributed by atoms with Crippen molar-refractivity contribution in [3.8, 4) is 5.82 Å². The molecule has 0 amide bonds. The second-order valence-corrected chi connectivity index (χ2v) is 12.8. The SMILES string of the molecule is CC1(C)CN(S(=O)(=O)c2ccc(Br)cc2)c2cc(Cc3ccc(F)cc3)c(-n3nnc4ccccc43)nc21. The smallest absolute Gasteiger partial charge is 0.264 e. The Labute approximate surface area is 228 Å². The van der Waals surface area contributed by atoms with Crippen LogP contribution in [-0.4, -0.2) is 34.9 Å². The first-order chi connectivity index (χ1) is 18.1. The number of fused-ring (bicyclic) bond motifs is 2. The first kappa shape index (κ1) is 24.7. The van der Waals surface area contributed by atoms with Gasteiger partial charge in [-0.1, -0.05) is 59.3 Å². The Bertz CT molecular complexity index is 1790. The predicted octanol–water partition coefficient (Wildman–Crippen LogP) is 5.79. The first-order valence-corrected chi connectivity index (χ1v) is 14.2. The number of nitrogens with zero attached hydrogens (tertiary/aromatic N) is 5. The summed E-state index contributed by atoms with van der Waals surface area (Å²) in [6.07, 6.45) is 0.399. The van der Waals surface area contributed by atoms with E-state index < -0.39 is 15.4 Å². The quantitative estimate of drug-likeness (QED) is 0.258. The largest absolute Gasteiger partial charge is 0.264 e. The molecule has 0 radical (unpaired) electrons. The summed E-state index contributed by atoms with van der Waals surface area (Å²) >= 11 is 3.37. The number of hydrogen-bond donors (Lipinski definition) is 0. The lowest BCUT2D eigenvalue weighted by molar-refractivity contribution is 0.543. The maximum absolute atomic E-state index is 13.8. The van der Waals surface area contributed by atoms with Crippen LogP contribution in [0.25, 0.3) is 16.9 Å². The van der Waals surface area contributed by atoms with Gasteiger partial charge in [-0.3, -0.25) is 4.31 Å². The molecule has 6 rings (SSSR count). The van der Waals surface area contributed by atoms with E-state index in [0.717, 1.165) is 26.6 Å². The zero-order chi connectivity index (χ0) is 26.7. The summed E-state index contributed by atoms with van der Waals surface area (Å²) in [4.78, 5) is 5.26. The molecule has 0 unspecified atom stereocenters. The van der Waals surface area contributed by atoms with E-state index in [9.17, 15) is 12.8 Å². The molecular formula is C28H23BrFN5O2S. The molecule has 0 bridgehead atoms. The minimum Gasteiger partial charge on any atom is -0.264 e. The highest BCUT2D eigenvalue weighted by atomic mass is 79.9. The molecular weight excluding hydrogens is 569 g/mol. The van der Waals surface area contributed by atoms with E-state index in [1.165, 1.54) is 16.4 Å². The molecule has 1 aliphatic heterocycles. The van der Waals surface area contributed by atoms with Crippen LogP contribution in [0.2, 0.25) is 0 Å². The molecule has 1 aliphatic rings. The molecule has 5 aromatic rings. The summed E-state index contributed by atoms with van der Waals surface area (Å²) in [6.45, 7) is 4.21. The summed E-state index contributed by atoms with van der Waals surface area (Å²) in [5, 5.41) is 8.69. The van der Waals surface area contributed by atoms with Gasteiger partial charge in [0.1, 0.15) is 11.3 Å². The third-order valence-corrected chi connectivity index (χ3v) is 9.07. The number of aromatic nitrogens is 4. The van der Waals surface area contributed by atoms with Gasteiger partial charge in [-0.15, -0.1) is 5.10 Å². The Morgan fingerprint density at radius 1 is 1.00 bits per heavy atom. The summed E-state index contributed by atoms with van der Waals surface area (Å²) in [5.74, 6) is 0.245. The van der Waals surface area contributed by atoms with E-state index in [-0.39, 0.29) is 17.3 Å². The van der Waals surface area contributed by atoms with Gasteiger partial charge in [0.2, 0.25) is 0 Å². The lowest BCUT2D eigenvalue weighted by atomic mass is 9.90. The maximum atomic E-state index is 13.8. The van der Waals surface area contributed by atoms with E-state index in [0.29, 0.717) is 23.6 Å². The van der Waals surface area contributed by atoms with Gasteiger partial charge in [-0.25, -0.2) is 17.8 Å². The topological polar surface area (TPSA) is 81.0 Å². The number of sulfonamides is 1. The minimum absolute atomic E-state index is 0.204. The van der Waals surface area contributed by atoms with Crippen molar-refractivity contribution in [2.45, 2.75) is 30.6 Å². The van der Waals surface area contributed by atoms with E-state index >= 15 is 0 Å². The van der Waals surface area contributed by atoms with E-state index in [1.807, 2.05) is 44.2 Å². The molecule has 7 nitrogen and oxygen atoms in total. The monoisotopic (exact) mass is 591 g/mol. The molecule has 0 fully saturated rings. The molecule has 0 atom stereocenters. The molecule has 0 N–H and O–H groups in total. The molecule has 0 saturated carbocycles. The molecule has 0 aliphatic carbocycles. The van der Waals surface area contributed by atoms with Gasteiger partial charge in [-0.05, 0) is 60.2 Å². The van der Waals surface area contributed by atoms with Crippen molar-refractivity contribution in [2.24, 2.45) is 0 Å². The summed E-state index contributed by atoms with van der Waals surface area (Å²) in [5.41, 5.74) is 3.76. The standard InChI is InChI=1S/C28H23BrFN5O2S/c1-28(2)17-34(38(36,37)22-13-9-20(29)10-14-22)25-16-19(15-18-7-11-21(30)12-8-18)27(31-26(25)28)35-24-6-4-3-5-23(24)32-33-35/h3-14,16H,15,17H2,1-2H3. The predicted molar refractivity (Wildman–Crippen MR) is 148 cm³/mol. The van der Waals surface area contributed by atoms with Crippen LogP contribution in [0.4, 0.5) is 10.1 Å². The Balaban J connectivity index is 1.56. The third kappa shape index (κ3) is 4.17. The zero-order valence-electron chi connectivity index (χ0n) is 20.6. The van der Waals surface area contributed by atoms with Crippen LogP contribution in [0.3, 0.4) is 0 Å². The lowest BCUT2D eigenvalue weighted by Gasteiger charge is -2.22. The van der Waals surface area contributed by atoms with E-state index in [4.69, 9.17) is 4.98 Å². The number of benzene rings is 3. The van der Waals surface area contributed by atoms with Crippen molar-refractivity contribution < 1.29 is 12.8 Å². The highest BCUT2D eigenvalue weighted by Crippen LogP contribution is 2.44. The Morgan fingerprint density at radius 3 is 2.45 bits per heavy atom. The molecule has 2 aromatic heterocycles. The number of para-hydroxylation sites is 1. The molecule has 10 heteroatoms. The average Bonchev–Trinajstić information content (AvgIpc) is 3.44. The molecule has 38 heavy (non-hydrogen) atoms. The number of rotatable bonds is 5. The fourth-order valence-corrected chi connectivity index (χ4v) is 6.74. The zero-order valence-corrected chi connectivity index (χ0v) is 23.0. The molecule has 192 valence electrons. The molecule has 3 heterocycles. The Hall–Kier alpha value is -3.63. The lowest BCUT2D eigenvalue weighted by Crippen LogP contribution is -2.34. The number of hydrogen-bond acceptors (Lipinski definition) is 5. The fraction of sp³-hybridized carbons (Fsp3) is 0.179. The van der Waals surface area contributed by atoms with E-state index in [1.54, 1.807) is 41.1 Å². The number of pyridine rings is 1. The summed E-state index contributed by atoms with van der Waals surface area (Å²) < 4.78 is 45.2. The van der Waals surface area contributed by atoms with Crippen molar-refractivity contribution in [1.82, 2.24) is 20.0 Å². The van der Waals surface area contributed by atoms with Gasteiger partial charge < -0.3 is 0 Å². The van der Waals surface area contributed by atoms with Crippen LogP contribution in [0.1, 0.15) is 30.7 Å². The maximum Gasteiger partial charge on any atom is 0.264 e. The first-order valence-electron chi connectivity index (χ1n) is 12.0. The van der Waals surface area contributed by atoms with Gasteiger partial charge >= 0.3 is 0 Å². The molecule has 3 aromatic carbocycles. The van der Waals surface area contributed by atoms with Crippen molar-refractivity contribution in [2.75, 3.05) is 10.8 Å². The third-order valence-electron chi connectivity index (χ3n) is 6.77. The second kappa shape index (κ2) is 8.99. The van der Waals surface area contributed by atoms with E-state index in [2.05, 4.69) is 26.2 Å². The Morgan fingerprint density at radius 2 is 1.71 bits per heavy atom. The van der Waals surface area contributed by atoms with Gasteiger partial charge in [-0.2, -0.15) is 4.68 Å². The summed E-state index contributed by atoms with van der Waals surface area (Å²) in [6, 6.07) is 22.3. The van der Waals surface area contributed by atoms with Crippen molar-refractivity contribution in [1.29, 1.82) is 0 Å². The van der Waals surface area contributed by atoms with Gasteiger partial charge in [0.25, 0.3) is 10.0 Å². The Kier molecular flexibility index (Phi) is 5.84. The minimum atomic E-state index is -3.85. The molecule has 0 saturated heterocycles. The van der Waals surface area contributed by atoms with Crippen molar-refractivity contribution in [3.05, 3.63) is 106 Å². The van der Waals surface area contributed by atoms with Crippen LogP contribution >= 0.6 is 15.9 Å². The van der Waals surface area contributed by atoms with Crippen LogP contribution in [0.15, 0.2) is 88.2 Å². The molecule has 0 spiro atoms. The van der Waals surface area contributed by atoms with Crippen LogP contribution in [0.5, 0.6) is 0 Å². The van der Waals surface area contributed by atoms with Crippen LogP contribution in [-0.2, 0) is 21.9 Å². The van der Waals surface area contributed by atoms with Crippen molar-refractivity contribution in [3.63, 3.8) is 0 Å². The van der Waals surface area contributed by atoms with Crippen LogP contribution in [0, 0.1) is 5.82 Å². The van der Waals surface area contributed by atoms with Gasteiger partial charge in [0.15, 0.2) is 5.82 Å². The van der Waals surface area contributed by atoms with Gasteiger partial charge in [0, 0.05) is 28.4 Å². The summed E-state index contributed by atoms with van der Waals surface area (Å²) in [7, 11) is -3.85.